The number of anilines is 3. The molecule has 1 atom stereocenters. The molecule has 0 saturated carbocycles. The summed E-state index contributed by atoms with van der Waals surface area (Å²) in [5, 5.41) is 3.56. The molecule has 5 heteroatoms. The lowest BCUT2D eigenvalue weighted by Crippen LogP contribution is -2.43. The second-order valence-corrected chi connectivity index (χ2v) is 7.29. The minimum absolute atomic E-state index is 0.00723. The summed E-state index contributed by atoms with van der Waals surface area (Å²) < 4.78 is 5.45. The molecule has 3 aromatic rings. The number of carbonyl (C=O) groups excluding carboxylic acids is 1. The van der Waals surface area contributed by atoms with Crippen molar-refractivity contribution < 1.29 is 9.53 Å². The number of carbonyl (C=O) groups is 1. The summed E-state index contributed by atoms with van der Waals surface area (Å²) in [5.74, 6) is 0.00723. The van der Waals surface area contributed by atoms with E-state index >= 15 is 0 Å². The van der Waals surface area contributed by atoms with E-state index in [9.17, 15) is 4.79 Å². The minimum atomic E-state index is -0.265. The normalized spacial score (nSPS) is 18.9. The van der Waals surface area contributed by atoms with Crippen LogP contribution in [0, 0.1) is 0 Å². The first-order valence-corrected chi connectivity index (χ1v) is 9.98. The van der Waals surface area contributed by atoms with Gasteiger partial charge in [-0.05, 0) is 42.0 Å². The second-order valence-electron chi connectivity index (χ2n) is 7.29. The van der Waals surface area contributed by atoms with Crippen molar-refractivity contribution in [2.45, 2.75) is 6.17 Å². The summed E-state index contributed by atoms with van der Waals surface area (Å²) in [6.45, 7) is 3.34. The van der Waals surface area contributed by atoms with Gasteiger partial charge in [-0.25, -0.2) is 0 Å². The number of amides is 1. The molecule has 1 N–H and O–H groups in total. The van der Waals surface area contributed by atoms with Crippen molar-refractivity contribution in [2.24, 2.45) is 0 Å². The molecule has 2 heterocycles. The first kappa shape index (κ1) is 17.8. The molecule has 146 valence electrons. The Morgan fingerprint density at radius 2 is 1.48 bits per heavy atom. The zero-order valence-corrected chi connectivity index (χ0v) is 16.1. The van der Waals surface area contributed by atoms with Gasteiger partial charge in [-0.3, -0.25) is 9.69 Å². The largest absolute Gasteiger partial charge is 0.378 e. The molecule has 0 radical (unpaired) electrons. The Balaban J connectivity index is 1.52. The van der Waals surface area contributed by atoms with Gasteiger partial charge in [-0.15, -0.1) is 0 Å². The van der Waals surface area contributed by atoms with Crippen LogP contribution < -0.4 is 15.1 Å². The van der Waals surface area contributed by atoms with E-state index in [2.05, 4.69) is 34.5 Å². The van der Waals surface area contributed by atoms with Crippen LogP contribution in [0.5, 0.6) is 0 Å². The molecule has 0 aliphatic carbocycles. The zero-order valence-electron chi connectivity index (χ0n) is 16.1. The van der Waals surface area contributed by atoms with E-state index in [0.717, 1.165) is 43.2 Å². The van der Waals surface area contributed by atoms with E-state index in [1.54, 1.807) is 0 Å². The molecule has 5 rings (SSSR count). The van der Waals surface area contributed by atoms with Gasteiger partial charge in [0.05, 0.1) is 18.8 Å². The van der Waals surface area contributed by atoms with Gasteiger partial charge < -0.3 is 15.0 Å². The molecule has 0 bridgehead atoms. The van der Waals surface area contributed by atoms with Crippen molar-refractivity contribution >= 4 is 23.0 Å². The number of hydrogen-bond donors (Lipinski definition) is 1. The lowest BCUT2D eigenvalue weighted by molar-refractivity contribution is 0.0975. The van der Waals surface area contributed by atoms with E-state index in [0.29, 0.717) is 5.56 Å². The van der Waals surface area contributed by atoms with E-state index < -0.39 is 0 Å². The van der Waals surface area contributed by atoms with Gasteiger partial charge in [0.15, 0.2) is 0 Å². The van der Waals surface area contributed by atoms with E-state index in [4.69, 9.17) is 4.74 Å². The van der Waals surface area contributed by atoms with Crippen LogP contribution in [0.25, 0.3) is 0 Å². The second kappa shape index (κ2) is 7.60. The number of nitrogens with zero attached hydrogens (tertiary/aromatic N) is 2. The van der Waals surface area contributed by atoms with Crippen LogP contribution in [-0.2, 0) is 4.74 Å². The Morgan fingerprint density at radius 3 is 2.24 bits per heavy atom. The Bertz CT molecular complexity index is 998. The molecule has 29 heavy (non-hydrogen) atoms. The first-order valence-electron chi connectivity index (χ1n) is 9.98. The average Bonchev–Trinajstić information content (AvgIpc) is 2.80. The summed E-state index contributed by atoms with van der Waals surface area (Å²) in [7, 11) is 0. The molecule has 2 aliphatic rings. The van der Waals surface area contributed by atoms with Crippen LogP contribution in [0.4, 0.5) is 17.1 Å². The Kier molecular flexibility index (Phi) is 4.66. The van der Waals surface area contributed by atoms with Gasteiger partial charge in [0.1, 0.15) is 6.17 Å². The fourth-order valence-electron chi connectivity index (χ4n) is 4.03. The molecule has 0 spiro atoms. The molecule has 1 amide bonds. The van der Waals surface area contributed by atoms with Gasteiger partial charge in [-0.2, -0.15) is 0 Å². The minimum Gasteiger partial charge on any atom is -0.378 e. The number of morpholine rings is 1. The molecular weight excluding hydrogens is 362 g/mol. The number of benzene rings is 3. The quantitative estimate of drug-likeness (QED) is 0.730. The highest BCUT2D eigenvalue weighted by molar-refractivity contribution is 6.12. The maximum absolute atomic E-state index is 13.4. The van der Waals surface area contributed by atoms with Gasteiger partial charge in [0, 0.05) is 30.2 Å². The van der Waals surface area contributed by atoms with E-state index in [1.807, 2.05) is 59.5 Å². The molecule has 5 nitrogen and oxygen atoms in total. The van der Waals surface area contributed by atoms with Crippen LogP contribution in [0.2, 0.25) is 0 Å². The maximum Gasteiger partial charge on any atom is 0.262 e. The monoisotopic (exact) mass is 385 g/mol. The topological polar surface area (TPSA) is 44.8 Å². The zero-order chi connectivity index (χ0) is 19.6. The standard InChI is InChI=1S/C24H23N3O2/c28-24-21-8-4-5-9-22(21)25-23(27(24)20-6-2-1-3-7-20)18-10-12-19(13-11-18)26-14-16-29-17-15-26/h1-13,23,25H,14-17H2/t23-/m1/s1. The van der Waals surface area contributed by atoms with Crippen molar-refractivity contribution in [3.63, 3.8) is 0 Å². The number of nitrogens with one attached hydrogen (secondary N) is 1. The van der Waals surface area contributed by atoms with Crippen molar-refractivity contribution in [3.05, 3.63) is 90.0 Å². The molecule has 2 aliphatic heterocycles. The Labute approximate surface area is 170 Å². The summed E-state index contributed by atoms with van der Waals surface area (Å²) in [6, 6.07) is 26.0. The average molecular weight is 385 g/mol. The SMILES string of the molecule is O=C1c2ccccc2N[C@@H](c2ccc(N3CCOCC3)cc2)N1c1ccccc1. The number of rotatable bonds is 3. The smallest absolute Gasteiger partial charge is 0.262 e. The summed E-state index contributed by atoms with van der Waals surface area (Å²) in [6.07, 6.45) is -0.265. The summed E-state index contributed by atoms with van der Waals surface area (Å²) in [4.78, 5) is 17.5. The number of para-hydroxylation sites is 2. The third kappa shape index (κ3) is 3.34. The van der Waals surface area contributed by atoms with Crippen LogP contribution in [0.3, 0.4) is 0 Å². The highest BCUT2D eigenvalue weighted by Crippen LogP contribution is 2.36. The van der Waals surface area contributed by atoms with Crippen molar-refractivity contribution in [3.8, 4) is 0 Å². The molecule has 1 saturated heterocycles. The molecule has 1 fully saturated rings. The number of hydrogen-bond acceptors (Lipinski definition) is 4. The highest BCUT2D eigenvalue weighted by atomic mass is 16.5. The van der Waals surface area contributed by atoms with Gasteiger partial charge >= 0.3 is 0 Å². The molecule has 0 aromatic heterocycles. The number of ether oxygens (including phenoxy) is 1. The lowest BCUT2D eigenvalue weighted by atomic mass is 10.0. The fraction of sp³-hybridized carbons (Fsp3) is 0.208. The predicted molar refractivity (Wildman–Crippen MR) is 116 cm³/mol. The van der Waals surface area contributed by atoms with Crippen LogP contribution in [-0.4, -0.2) is 32.2 Å². The predicted octanol–water partition coefficient (Wildman–Crippen LogP) is 4.29. The summed E-state index contributed by atoms with van der Waals surface area (Å²) >= 11 is 0. The Morgan fingerprint density at radius 1 is 0.793 bits per heavy atom. The molecule has 0 unspecified atom stereocenters. The van der Waals surface area contributed by atoms with Crippen LogP contribution in [0.15, 0.2) is 78.9 Å². The lowest BCUT2D eigenvalue weighted by Gasteiger charge is -2.38. The maximum atomic E-state index is 13.4. The van der Waals surface area contributed by atoms with Crippen molar-refractivity contribution in [2.75, 3.05) is 41.4 Å². The van der Waals surface area contributed by atoms with Crippen LogP contribution in [0.1, 0.15) is 22.1 Å². The van der Waals surface area contributed by atoms with Gasteiger partial charge in [0.2, 0.25) is 0 Å². The van der Waals surface area contributed by atoms with E-state index in [1.165, 1.54) is 5.69 Å². The van der Waals surface area contributed by atoms with Gasteiger partial charge in [0.25, 0.3) is 5.91 Å². The third-order valence-corrected chi connectivity index (χ3v) is 5.55. The van der Waals surface area contributed by atoms with Crippen LogP contribution >= 0.6 is 0 Å². The first-order chi connectivity index (χ1) is 14.3. The third-order valence-electron chi connectivity index (χ3n) is 5.55. The van der Waals surface area contributed by atoms with E-state index in [-0.39, 0.29) is 12.1 Å². The highest BCUT2D eigenvalue weighted by Gasteiger charge is 2.33. The van der Waals surface area contributed by atoms with Crippen molar-refractivity contribution in [1.82, 2.24) is 0 Å². The Hall–Kier alpha value is -3.31. The fourth-order valence-corrected chi connectivity index (χ4v) is 4.03. The summed E-state index contributed by atoms with van der Waals surface area (Å²) in [5.41, 5.74) is 4.67. The van der Waals surface area contributed by atoms with Gasteiger partial charge in [-0.1, -0.05) is 42.5 Å². The molecule has 3 aromatic carbocycles. The molecular formula is C24H23N3O2. The van der Waals surface area contributed by atoms with Crippen molar-refractivity contribution in [1.29, 1.82) is 0 Å². The number of fused-ring (bicyclic) bond motifs is 1.